The lowest BCUT2D eigenvalue weighted by atomic mass is 10.1. The van der Waals surface area contributed by atoms with Gasteiger partial charge in [-0.05, 0) is 11.6 Å². The van der Waals surface area contributed by atoms with Crippen molar-refractivity contribution in [2.75, 3.05) is 6.26 Å². The average molecular weight is 235 g/mol. The zero-order valence-corrected chi connectivity index (χ0v) is 8.84. The largest absolute Gasteiger partial charge is 0.319 e. The van der Waals surface area contributed by atoms with Crippen molar-refractivity contribution in [1.82, 2.24) is 0 Å². The molecule has 6 heteroatoms. The molecule has 0 aliphatic rings. The van der Waals surface area contributed by atoms with Crippen LogP contribution in [0.15, 0.2) is 29.2 Å². The minimum Gasteiger partial charge on any atom is -0.319 e. The molecule has 1 unspecified atom stereocenters. The van der Waals surface area contributed by atoms with Gasteiger partial charge in [-0.3, -0.25) is 0 Å². The minimum absolute atomic E-state index is 0.0463. The molecule has 0 saturated carbocycles. The molecule has 84 valence electrons. The Balaban J connectivity index is 3.31. The Morgan fingerprint density at radius 2 is 1.80 bits per heavy atom. The molecule has 0 bridgehead atoms. The summed E-state index contributed by atoms with van der Waals surface area (Å²) in [6, 6.07) is 3.95. The van der Waals surface area contributed by atoms with Crippen LogP contribution < -0.4 is 5.73 Å². The topological polar surface area (TPSA) is 60.2 Å². The second-order valence-corrected chi connectivity index (χ2v) is 5.15. The fourth-order valence-corrected chi connectivity index (χ4v) is 2.19. The van der Waals surface area contributed by atoms with Crippen LogP contribution in [-0.2, 0) is 9.84 Å². The molecule has 0 radical (unpaired) electrons. The molecular weight excluding hydrogens is 224 g/mol. The first-order chi connectivity index (χ1) is 6.84. The van der Waals surface area contributed by atoms with Gasteiger partial charge in [-0.2, -0.15) is 0 Å². The van der Waals surface area contributed by atoms with E-state index >= 15 is 0 Å². The van der Waals surface area contributed by atoms with Gasteiger partial charge in [0, 0.05) is 6.26 Å². The van der Waals surface area contributed by atoms with E-state index in [1.54, 1.807) is 0 Å². The van der Waals surface area contributed by atoms with E-state index in [2.05, 4.69) is 0 Å². The molecule has 2 N–H and O–H groups in total. The van der Waals surface area contributed by atoms with Gasteiger partial charge in [0.05, 0.1) is 10.9 Å². The molecule has 0 saturated heterocycles. The number of hydrogen-bond donors (Lipinski definition) is 1. The van der Waals surface area contributed by atoms with Crippen molar-refractivity contribution >= 4 is 9.84 Å². The van der Waals surface area contributed by atoms with Crippen LogP contribution in [0.2, 0.25) is 0 Å². The molecule has 0 fully saturated rings. The van der Waals surface area contributed by atoms with Gasteiger partial charge in [0.15, 0.2) is 9.84 Å². The maximum atomic E-state index is 12.4. The summed E-state index contributed by atoms with van der Waals surface area (Å²) in [6.07, 6.45) is -1.82. The molecule has 15 heavy (non-hydrogen) atoms. The summed E-state index contributed by atoms with van der Waals surface area (Å²) >= 11 is 0. The maximum absolute atomic E-state index is 12.4. The van der Waals surface area contributed by atoms with Gasteiger partial charge in [-0.15, -0.1) is 0 Å². The van der Waals surface area contributed by atoms with Gasteiger partial charge in [0.2, 0.25) is 0 Å². The first-order valence-electron chi connectivity index (χ1n) is 4.16. The number of benzene rings is 1. The zero-order chi connectivity index (χ0) is 11.6. The molecule has 0 aromatic heterocycles. The molecule has 0 aliphatic carbocycles. The van der Waals surface area contributed by atoms with E-state index in [4.69, 9.17) is 5.73 Å². The Morgan fingerprint density at radius 3 is 2.27 bits per heavy atom. The quantitative estimate of drug-likeness (QED) is 0.860. The number of rotatable bonds is 3. The van der Waals surface area contributed by atoms with E-state index in [0.29, 0.717) is 0 Å². The molecule has 1 aromatic carbocycles. The predicted molar refractivity (Wildman–Crippen MR) is 52.5 cm³/mol. The van der Waals surface area contributed by atoms with Crippen molar-refractivity contribution in [2.45, 2.75) is 17.4 Å². The van der Waals surface area contributed by atoms with Gasteiger partial charge in [0.25, 0.3) is 6.43 Å². The van der Waals surface area contributed by atoms with Gasteiger partial charge in [-0.25, -0.2) is 17.2 Å². The highest BCUT2D eigenvalue weighted by Gasteiger charge is 2.23. The van der Waals surface area contributed by atoms with E-state index in [9.17, 15) is 17.2 Å². The highest BCUT2D eigenvalue weighted by molar-refractivity contribution is 7.90. The second-order valence-electron chi connectivity index (χ2n) is 3.17. The summed E-state index contributed by atoms with van der Waals surface area (Å²) in [6.45, 7) is 0. The fourth-order valence-electron chi connectivity index (χ4n) is 1.23. The predicted octanol–water partition coefficient (Wildman–Crippen LogP) is 1.36. The third-order valence-corrected chi connectivity index (χ3v) is 3.12. The summed E-state index contributed by atoms with van der Waals surface area (Å²) in [5.41, 5.74) is 5.17. The average Bonchev–Trinajstić information content (AvgIpc) is 2.15. The van der Waals surface area contributed by atoms with Crippen molar-refractivity contribution in [3.05, 3.63) is 29.8 Å². The number of nitrogens with two attached hydrogens (primary N) is 1. The highest BCUT2D eigenvalue weighted by Crippen LogP contribution is 2.24. The van der Waals surface area contributed by atoms with Gasteiger partial charge >= 0.3 is 0 Å². The van der Waals surface area contributed by atoms with Crippen LogP contribution in [-0.4, -0.2) is 21.1 Å². The van der Waals surface area contributed by atoms with Gasteiger partial charge in [-0.1, -0.05) is 18.2 Å². The van der Waals surface area contributed by atoms with E-state index in [0.717, 1.165) is 6.26 Å². The first-order valence-corrected chi connectivity index (χ1v) is 6.06. The van der Waals surface area contributed by atoms with Crippen LogP contribution in [0.1, 0.15) is 11.6 Å². The lowest BCUT2D eigenvalue weighted by Gasteiger charge is -2.14. The van der Waals surface area contributed by atoms with Crippen LogP contribution in [0.4, 0.5) is 8.78 Å². The molecule has 0 heterocycles. The normalized spacial score (nSPS) is 14.2. The van der Waals surface area contributed by atoms with Crippen molar-refractivity contribution in [3.8, 4) is 0 Å². The maximum Gasteiger partial charge on any atom is 0.257 e. The zero-order valence-electron chi connectivity index (χ0n) is 8.02. The molecule has 3 nitrogen and oxygen atoms in total. The van der Waals surface area contributed by atoms with E-state index in [1.807, 2.05) is 0 Å². The van der Waals surface area contributed by atoms with Crippen LogP contribution in [0, 0.1) is 0 Å². The summed E-state index contributed by atoms with van der Waals surface area (Å²) in [5.74, 6) is 0. The number of hydrogen-bond acceptors (Lipinski definition) is 3. The third-order valence-electron chi connectivity index (χ3n) is 1.95. The Bertz CT molecular complexity index is 445. The molecule has 0 aliphatic heterocycles. The Morgan fingerprint density at radius 1 is 1.27 bits per heavy atom. The van der Waals surface area contributed by atoms with E-state index in [1.165, 1.54) is 24.3 Å². The lowest BCUT2D eigenvalue weighted by Crippen LogP contribution is -2.21. The van der Waals surface area contributed by atoms with Crippen LogP contribution in [0.3, 0.4) is 0 Å². The summed E-state index contributed by atoms with van der Waals surface area (Å²) in [7, 11) is -3.53. The molecule has 1 atom stereocenters. The Kier molecular flexibility index (Phi) is 3.41. The monoisotopic (exact) mass is 235 g/mol. The number of sulfone groups is 1. The third kappa shape index (κ3) is 2.73. The fraction of sp³-hybridized carbons (Fsp3) is 0.333. The SMILES string of the molecule is CS(=O)(=O)c1ccccc1C(N)C(F)F. The molecule has 0 amide bonds. The standard InChI is InChI=1S/C9H11F2NO2S/c1-15(13,14)7-5-3-2-4-6(7)8(12)9(10)11/h2-5,8-9H,12H2,1H3. The number of alkyl halides is 2. The molecule has 0 spiro atoms. The number of halogens is 2. The van der Waals surface area contributed by atoms with Crippen LogP contribution in [0.5, 0.6) is 0 Å². The lowest BCUT2D eigenvalue weighted by molar-refractivity contribution is 0.115. The summed E-state index contributed by atoms with van der Waals surface area (Å²) in [4.78, 5) is -0.141. The molecule has 1 rings (SSSR count). The van der Waals surface area contributed by atoms with Crippen molar-refractivity contribution in [2.24, 2.45) is 5.73 Å². The minimum atomic E-state index is -3.53. The van der Waals surface area contributed by atoms with Crippen LogP contribution in [0.25, 0.3) is 0 Å². The first kappa shape index (κ1) is 12.1. The van der Waals surface area contributed by atoms with Crippen LogP contribution >= 0.6 is 0 Å². The highest BCUT2D eigenvalue weighted by atomic mass is 32.2. The van der Waals surface area contributed by atoms with Crippen molar-refractivity contribution in [3.63, 3.8) is 0 Å². The van der Waals surface area contributed by atoms with Gasteiger partial charge in [0.1, 0.15) is 0 Å². The molecular formula is C9H11F2NO2S. The Hall–Kier alpha value is -1.01. The van der Waals surface area contributed by atoms with Crippen molar-refractivity contribution in [1.29, 1.82) is 0 Å². The molecule has 1 aromatic rings. The summed E-state index contributed by atoms with van der Waals surface area (Å²) < 4.78 is 47.3. The van der Waals surface area contributed by atoms with E-state index in [-0.39, 0.29) is 10.5 Å². The van der Waals surface area contributed by atoms with Gasteiger partial charge < -0.3 is 5.73 Å². The summed E-state index contributed by atoms with van der Waals surface area (Å²) in [5, 5.41) is 0. The second kappa shape index (κ2) is 4.24. The van der Waals surface area contributed by atoms with E-state index < -0.39 is 22.3 Å². The van der Waals surface area contributed by atoms with Crippen molar-refractivity contribution < 1.29 is 17.2 Å². The Labute approximate surface area is 86.8 Å². The smallest absolute Gasteiger partial charge is 0.257 e.